The quantitative estimate of drug-likeness (QED) is 0.615. The van der Waals surface area contributed by atoms with Crippen LogP contribution in [0.4, 0.5) is 0 Å². The van der Waals surface area contributed by atoms with Gasteiger partial charge >= 0.3 is 5.97 Å². The van der Waals surface area contributed by atoms with Crippen LogP contribution in [0.5, 0.6) is 11.5 Å². The molecule has 0 saturated carbocycles. The lowest BCUT2D eigenvalue weighted by atomic mass is 10.1. The number of carboxylic acids is 1. The number of carbonyl (C=O) groups excluding carboxylic acids is 1. The van der Waals surface area contributed by atoms with Gasteiger partial charge < -0.3 is 20.6 Å². The minimum atomic E-state index is -0.745. The Balaban J connectivity index is 0.000000555. The van der Waals surface area contributed by atoms with Crippen LogP contribution in [-0.2, 0) is 16.0 Å². The van der Waals surface area contributed by atoms with E-state index in [0.29, 0.717) is 13.0 Å². The molecular weight excluding hydrogens is 250 g/mol. The van der Waals surface area contributed by atoms with Gasteiger partial charge in [0.15, 0.2) is 11.5 Å². The molecule has 0 saturated heterocycles. The first-order chi connectivity index (χ1) is 8.86. The number of phenols is 2. The normalized spacial score (nSPS) is 9.16. The molecule has 0 bridgehead atoms. The van der Waals surface area contributed by atoms with Gasteiger partial charge in [-0.1, -0.05) is 13.0 Å². The smallest absolute Gasteiger partial charge is 0.303 e. The molecule has 0 heterocycles. The minimum Gasteiger partial charge on any atom is -0.504 e. The zero-order chi connectivity index (χ0) is 14.8. The van der Waals surface area contributed by atoms with Crippen LogP contribution in [0.25, 0.3) is 0 Å². The lowest BCUT2D eigenvalue weighted by Crippen LogP contribution is -2.22. The van der Waals surface area contributed by atoms with E-state index in [9.17, 15) is 14.7 Å². The van der Waals surface area contributed by atoms with E-state index in [1.165, 1.54) is 19.1 Å². The standard InChI is InChI=1S/C10H13NO3.C3H6O2/c1-7(12)11-5-4-8-2-3-9(13)10(14)6-8;1-2-3(4)5/h2-3,6,13-14H,4-5H2,1H3,(H,11,12);2H2,1H3,(H,4,5). The number of hydrogen-bond donors (Lipinski definition) is 4. The highest BCUT2D eigenvalue weighted by Crippen LogP contribution is 2.24. The Morgan fingerprint density at radius 3 is 2.21 bits per heavy atom. The Labute approximate surface area is 111 Å². The van der Waals surface area contributed by atoms with Crippen LogP contribution >= 0.6 is 0 Å². The number of hydrogen-bond acceptors (Lipinski definition) is 4. The summed E-state index contributed by atoms with van der Waals surface area (Å²) in [7, 11) is 0. The number of rotatable bonds is 4. The van der Waals surface area contributed by atoms with Crippen molar-refractivity contribution >= 4 is 11.9 Å². The van der Waals surface area contributed by atoms with Crippen molar-refractivity contribution in [3.63, 3.8) is 0 Å². The molecule has 0 fully saturated rings. The highest BCUT2D eigenvalue weighted by atomic mass is 16.4. The molecule has 6 nitrogen and oxygen atoms in total. The van der Waals surface area contributed by atoms with Crippen molar-refractivity contribution in [3.8, 4) is 11.5 Å². The fraction of sp³-hybridized carbons (Fsp3) is 0.385. The molecule has 1 rings (SSSR count). The van der Waals surface area contributed by atoms with Crippen molar-refractivity contribution in [1.82, 2.24) is 5.32 Å². The van der Waals surface area contributed by atoms with Crippen LogP contribution in [0.1, 0.15) is 25.8 Å². The van der Waals surface area contributed by atoms with Crippen molar-refractivity contribution < 1.29 is 24.9 Å². The number of aromatic hydroxyl groups is 2. The number of carbonyl (C=O) groups is 2. The van der Waals surface area contributed by atoms with E-state index in [1.807, 2.05) is 0 Å². The summed E-state index contributed by atoms with van der Waals surface area (Å²) in [5.41, 5.74) is 0.869. The fourth-order valence-electron chi connectivity index (χ4n) is 1.11. The lowest BCUT2D eigenvalue weighted by Gasteiger charge is -2.04. The van der Waals surface area contributed by atoms with Gasteiger partial charge in [0.1, 0.15) is 0 Å². The van der Waals surface area contributed by atoms with Gasteiger partial charge in [0.25, 0.3) is 0 Å². The molecule has 1 aromatic rings. The SMILES string of the molecule is CC(=O)NCCc1ccc(O)c(O)c1.CCC(=O)O. The molecule has 6 heteroatoms. The van der Waals surface area contributed by atoms with Gasteiger partial charge in [-0.05, 0) is 24.1 Å². The molecule has 19 heavy (non-hydrogen) atoms. The molecule has 0 unspecified atom stereocenters. The van der Waals surface area contributed by atoms with E-state index in [0.717, 1.165) is 5.56 Å². The Hall–Kier alpha value is -2.24. The van der Waals surface area contributed by atoms with Crippen LogP contribution in [0.15, 0.2) is 18.2 Å². The third kappa shape index (κ3) is 8.48. The third-order valence-electron chi connectivity index (χ3n) is 2.13. The molecule has 106 valence electrons. The molecule has 0 aliphatic rings. The van der Waals surface area contributed by atoms with Gasteiger partial charge in [-0.25, -0.2) is 0 Å². The van der Waals surface area contributed by atoms with E-state index in [-0.39, 0.29) is 23.8 Å². The molecule has 1 amide bonds. The zero-order valence-electron chi connectivity index (χ0n) is 11.0. The topological polar surface area (TPSA) is 107 Å². The largest absolute Gasteiger partial charge is 0.504 e. The summed E-state index contributed by atoms with van der Waals surface area (Å²) in [5.74, 6) is -1.09. The average Bonchev–Trinajstić information content (AvgIpc) is 2.34. The van der Waals surface area contributed by atoms with Crippen LogP contribution in [0.2, 0.25) is 0 Å². The molecule has 0 aliphatic carbocycles. The second kappa shape index (κ2) is 8.79. The summed E-state index contributed by atoms with van der Waals surface area (Å²) in [6.07, 6.45) is 0.855. The van der Waals surface area contributed by atoms with Crippen molar-refractivity contribution in [1.29, 1.82) is 0 Å². The maximum atomic E-state index is 10.6. The fourth-order valence-corrected chi connectivity index (χ4v) is 1.11. The average molecular weight is 269 g/mol. The monoisotopic (exact) mass is 269 g/mol. The summed E-state index contributed by atoms with van der Waals surface area (Å²) < 4.78 is 0. The van der Waals surface area contributed by atoms with Crippen LogP contribution in [0, 0.1) is 0 Å². The number of nitrogens with one attached hydrogen (secondary N) is 1. The van der Waals surface area contributed by atoms with Gasteiger partial charge in [-0.3, -0.25) is 9.59 Å². The minimum absolute atomic E-state index is 0.0759. The van der Waals surface area contributed by atoms with Crippen LogP contribution < -0.4 is 5.32 Å². The van der Waals surface area contributed by atoms with E-state index in [4.69, 9.17) is 10.2 Å². The van der Waals surface area contributed by atoms with Gasteiger partial charge in [-0.2, -0.15) is 0 Å². The summed E-state index contributed by atoms with van der Waals surface area (Å²) in [6, 6.07) is 4.62. The predicted molar refractivity (Wildman–Crippen MR) is 70.1 cm³/mol. The Bertz CT molecular complexity index is 431. The van der Waals surface area contributed by atoms with E-state index < -0.39 is 5.97 Å². The molecule has 4 N–H and O–H groups in total. The molecule has 1 aromatic carbocycles. The van der Waals surface area contributed by atoms with Crippen molar-refractivity contribution in [2.24, 2.45) is 0 Å². The second-order valence-electron chi connectivity index (χ2n) is 3.80. The van der Waals surface area contributed by atoms with Crippen LogP contribution in [0.3, 0.4) is 0 Å². The van der Waals surface area contributed by atoms with Gasteiger partial charge in [0.2, 0.25) is 5.91 Å². The van der Waals surface area contributed by atoms with Crippen molar-refractivity contribution in [3.05, 3.63) is 23.8 Å². The summed E-state index contributed by atoms with van der Waals surface area (Å²) >= 11 is 0. The Morgan fingerprint density at radius 2 is 1.79 bits per heavy atom. The molecular formula is C13H19NO5. The zero-order valence-corrected chi connectivity index (χ0v) is 11.0. The number of aliphatic carboxylic acids is 1. The summed E-state index contributed by atoms with van der Waals surface area (Å²) in [5, 5.41) is 28.6. The molecule has 0 atom stereocenters. The summed E-state index contributed by atoms with van der Waals surface area (Å²) in [6.45, 7) is 3.58. The predicted octanol–water partition coefficient (Wildman–Crippen LogP) is 1.26. The van der Waals surface area contributed by atoms with E-state index in [1.54, 1.807) is 13.0 Å². The number of carboxylic acid groups (broad SMARTS) is 1. The third-order valence-corrected chi connectivity index (χ3v) is 2.13. The number of amides is 1. The maximum Gasteiger partial charge on any atom is 0.303 e. The molecule has 0 spiro atoms. The summed E-state index contributed by atoms with van der Waals surface area (Å²) in [4.78, 5) is 19.9. The van der Waals surface area contributed by atoms with Crippen molar-refractivity contribution in [2.45, 2.75) is 26.7 Å². The molecule has 0 aromatic heterocycles. The highest BCUT2D eigenvalue weighted by molar-refractivity contribution is 5.72. The highest BCUT2D eigenvalue weighted by Gasteiger charge is 2.00. The first-order valence-electron chi connectivity index (χ1n) is 5.83. The number of benzene rings is 1. The van der Waals surface area contributed by atoms with E-state index >= 15 is 0 Å². The Kier molecular flexibility index (Phi) is 7.76. The number of phenolic OH excluding ortho intramolecular Hbond substituents is 2. The maximum absolute atomic E-state index is 10.6. The lowest BCUT2D eigenvalue weighted by molar-refractivity contribution is -0.136. The molecule has 0 radical (unpaired) electrons. The first-order valence-corrected chi connectivity index (χ1v) is 5.83. The van der Waals surface area contributed by atoms with E-state index in [2.05, 4.69) is 5.32 Å². The first kappa shape index (κ1) is 16.8. The van der Waals surface area contributed by atoms with Gasteiger partial charge in [0.05, 0.1) is 0 Å². The van der Waals surface area contributed by atoms with Gasteiger partial charge in [0, 0.05) is 19.9 Å². The molecule has 0 aliphatic heterocycles. The van der Waals surface area contributed by atoms with Crippen molar-refractivity contribution in [2.75, 3.05) is 6.54 Å². The van der Waals surface area contributed by atoms with Gasteiger partial charge in [-0.15, -0.1) is 0 Å². The van der Waals surface area contributed by atoms with Crippen LogP contribution in [-0.4, -0.2) is 33.7 Å². The Morgan fingerprint density at radius 1 is 1.21 bits per heavy atom. The second-order valence-corrected chi connectivity index (χ2v) is 3.80.